The Labute approximate surface area is 127 Å². The molecule has 2 atom stereocenters. The second kappa shape index (κ2) is 7.33. The zero-order valence-electron chi connectivity index (χ0n) is 11.8. The summed E-state index contributed by atoms with van der Waals surface area (Å²) in [5, 5.41) is 16.9. The maximum Gasteiger partial charge on any atom is 0.220 e. The average molecular weight is 307 g/mol. The van der Waals surface area contributed by atoms with Crippen molar-refractivity contribution in [2.24, 2.45) is 0 Å². The second-order valence-corrected chi connectivity index (χ2v) is 5.76. The van der Waals surface area contributed by atoms with Gasteiger partial charge in [0, 0.05) is 6.42 Å². The number of aliphatic hydroxyl groups excluding tert-OH is 1. The average Bonchev–Trinajstić information content (AvgIpc) is 2.98. The Morgan fingerprint density at radius 3 is 2.67 bits per heavy atom. The number of carbonyl (C=O) groups excluding carboxylic acids is 1. The quantitative estimate of drug-likeness (QED) is 0.862. The van der Waals surface area contributed by atoms with Crippen molar-refractivity contribution in [3.05, 3.63) is 58.0 Å². The second-order valence-electron chi connectivity index (χ2n) is 4.98. The number of amides is 1. The van der Waals surface area contributed by atoms with Crippen LogP contribution in [-0.2, 0) is 11.2 Å². The molecule has 21 heavy (non-hydrogen) atoms. The molecule has 1 aromatic heterocycles. The van der Waals surface area contributed by atoms with Gasteiger partial charge in [-0.3, -0.25) is 4.79 Å². The minimum atomic E-state index is -0.851. The molecule has 1 aromatic carbocycles. The molecule has 3 nitrogen and oxygen atoms in total. The molecule has 2 unspecified atom stereocenters. The number of aryl methyl sites for hydroxylation is 1. The van der Waals surface area contributed by atoms with E-state index >= 15 is 0 Å². The molecule has 0 aliphatic carbocycles. The van der Waals surface area contributed by atoms with Crippen LogP contribution in [0.1, 0.15) is 30.6 Å². The minimum Gasteiger partial charge on any atom is -0.386 e. The highest BCUT2D eigenvalue weighted by molar-refractivity contribution is 7.07. The van der Waals surface area contributed by atoms with E-state index in [9.17, 15) is 14.3 Å². The normalized spacial score (nSPS) is 13.7. The first kappa shape index (κ1) is 15.7. The number of carbonyl (C=O) groups is 1. The van der Waals surface area contributed by atoms with Crippen molar-refractivity contribution < 1.29 is 14.3 Å². The number of halogens is 1. The Morgan fingerprint density at radius 2 is 2.05 bits per heavy atom. The molecule has 0 aliphatic rings. The fourth-order valence-electron chi connectivity index (χ4n) is 2.05. The largest absolute Gasteiger partial charge is 0.386 e. The van der Waals surface area contributed by atoms with Gasteiger partial charge in [0.05, 0.1) is 12.1 Å². The third kappa shape index (κ3) is 4.65. The minimum absolute atomic E-state index is 0.102. The van der Waals surface area contributed by atoms with Crippen molar-refractivity contribution in [1.29, 1.82) is 0 Å². The van der Waals surface area contributed by atoms with Gasteiger partial charge in [0.25, 0.3) is 0 Å². The van der Waals surface area contributed by atoms with Crippen molar-refractivity contribution in [3.63, 3.8) is 0 Å². The van der Waals surface area contributed by atoms with Crippen molar-refractivity contribution >= 4 is 17.2 Å². The van der Waals surface area contributed by atoms with E-state index in [2.05, 4.69) is 5.32 Å². The molecule has 0 spiro atoms. The molecule has 2 rings (SSSR count). The van der Waals surface area contributed by atoms with Crippen LogP contribution in [0.5, 0.6) is 0 Å². The summed E-state index contributed by atoms with van der Waals surface area (Å²) in [7, 11) is 0. The summed E-state index contributed by atoms with van der Waals surface area (Å²) in [6.45, 7) is 1.73. The SMILES string of the molecule is CC(NC(=O)CCc1ccsc1)C(O)c1ccc(F)cc1. The van der Waals surface area contributed by atoms with Gasteiger partial charge in [0.1, 0.15) is 5.82 Å². The Bertz CT molecular complexity index is 568. The van der Waals surface area contributed by atoms with E-state index in [0.717, 1.165) is 5.56 Å². The fourth-order valence-corrected chi connectivity index (χ4v) is 2.75. The molecule has 0 aliphatic heterocycles. The molecule has 2 aromatic rings. The van der Waals surface area contributed by atoms with Gasteiger partial charge in [-0.1, -0.05) is 12.1 Å². The lowest BCUT2D eigenvalue weighted by Crippen LogP contribution is -2.37. The maximum absolute atomic E-state index is 12.8. The highest BCUT2D eigenvalue weighted by atomic mass is 32.1. The monoisotopic (exact) mass is 307 g/mol. The van der Waals surface area contributed by atoms with Crippen LogP contribution in [0.15, 0.2) is 41.1 Å². The first-order chi connectivity index (χ1) is 10.1. The van der Waals surface area contributed by atoms with Crippen molar-refractivity contribution in [1.82, 2.24) is 5.32 Å². The highest BCUT2D eigenvalue weighted by Crippen LogP contribution is 2.17. The van der Waals surface area contributed by atoms with Crippen LogP contribution in [0.4, 0.5) is 4.39 Å². The van der Waals surface area contributed by atoms with Crippen LogP contribution in [0.2, 0.25) is 0 Å². The lowest BCUT2D eigenvalue weighted by Gasteiger charge is -2.20. The lowest BCUT2D eigenvalue weighted by atomic mass is 10.0. The summed E-state index contributed by atoms with van der Waals surface area (Å²) >= 11 is 1.61. The Hall–Kier alpha value is -1.72. The number of hydrogen-bond donors (Lipinski definition) is 2. The molecule has 2 N–H and O–H groups in total. The molecule has 0 bridgehead atoms. The predicted octanol–water partition coefficient (Wildman–Crippen LogP) is 3.06. The van der Waals surface area contributed by atoms with Crippen molar-refractivity contribution in [2.45, 2.75) is 31.9 Å². The molecule has 1 amide bonds. The summed E-state index contributed by atoms with van der Waals surface area (Å²) in [5.74, 6) is -0.451. The van der Waals surface area contributed by atoms with E-state index in [1.165, 1.54) is 24.3 Å². The van der Waals surface area contributed by atoms with E-state index in [0.29, 0.717) is 18.4 Å². The van der Waals surface area contributed by atoms with Gasteiger partial charge >= 0.3 is 0 Å². The smallest absolute Gasteiger partial charge is 0.220 e. The van der Waals surface area contributed by atoms with E-state index in [1.54, 1.807) is 18.3 Å². The number of hydrogen-bond acceptors (Lipinski definition) is 3. The van der Waals surface area contributed by atoms with Crippen LogP contribution < -0.4 is 5.32 Å². The molecule has 5 heteroatoms. The van der Waals surface area contributed by atoms with Crippen molar-refractivity contribution in [3.8, 4) is 0 Å². The van der Waals surface area contributed by atoms with Gasteiger partial charge in [0.2, 0.25) is 5.91 Å². The lowest BCUT2D eigenvalue weighted by molar-refractivity contribution is -0.122. The molecule has 0 fully saturated rings. The summed E-state index contributed by atoms with van der Waals surface area (Å²) < 4.78 is 12.8. The molecule has 0 saturated heterocycles. The van der Waals surface area contributed by atoms with Gasteiger partial charge in [-0.25, -0.2) is 4.39 Å². The predicted molar refractivity (Wildman–Crippen MR) is 81.6 cm³/mol. The Balaban J connectivity index is 1.83. The van der Waals surface area contributed by atoms with Gasteiger partial charge in [-0.05, 0) is 53.4 Å². The number of thiophene rings is 1. The molecular weight excluding hydrogens is 289 g/mol. The molecule has 0 radical (unpaired) electrons. The van der Waals surface area contributed by atoms with Gasteiger partial charge < -0.3 is 10.4 Å². The zero-order valence-corrected chi connectivity index (χ0v) is 12.6. The summed E-state index contributed by atoms with van der Waals surface area (Å²) in [6, 6.07) is 7.20. The first-order valence-electron chi connectivity index (χ1n) is 6.80. The molecule has 1 heterocycles. The zero-order chi connectivity index (χ0) is 15.2. The molecular formula is C16H18FNO2S. The summed E-state index contributed by atoms with van der Waals surface area (Å²) in [5.41, 5.74) is 1.73. The Kier molecular flexibility index (Phi) is 5.47. The van der Waals surface area contributed by atoms with Gasteiger partial charge in [-0.15, -0.1) is 0 Å². The van der Waals surface area contributed by atoms with Crippen LogP contribution in [0.3, 0.4) is 0 Å². The van der Waals surface area contributed by atoms with Crippen LogP contribution in [0, 0.1) is 5.82 Å². The highest BCUT2D eigenvalue weighted by Gasteiger charge is 2.18. The maximum atomic E-state index is 12.8. The van der Waals surface area contributed by atoms with Crippen LogP contribution in [0.25, 0.3) is 0 Å². The number of nitrogens with one attached hydrogen (secondary N) is 1. The van der Waals surface area contributed by atoms with E-state index in [4.69, 9.17) is 0 Å². The number of aliphatic hydroxyl groups is 1. The van der Waals surface area contributed by atoms with Crippen molar-refractivity contribution in [2.75, 3.05) is 0 Å². The molecule has 0 saturated carbocycles. The van der Waals surface area contributed by atoms with Crippen LogP contribution in [-0.4, -0.2) is 17.1 Å². The summed E-state index contributed by atoms with van der Waals surface area (Å²) in [6.07, 6.45) is 0.224. The fraction of sp³-hybridized carbons (Fsp3) is 0.312. The van der Waals surface area contributed by atoms with Crippen LogP contribution >= 0.6 is 11.3 Å². The van der Waals surface area contributed by atoms with Gasteiger partial charge in [-0.2, -0.15) is 11.3 Å². The number of rotatable bonds is 6. The third-order valence-electron chi connectivity index (χ3n) is 3.29. The number of benzene rings is 1. The topological polar surface area (TPSA) is 49.3 Å². The van der Waals surface area contributed by atoms with Gasteiger partial charge in [0.15, 0.2) is 0 Å². The first-order valence-corrected chi connectivity index (χ1v) is 7.74. The Morgan fingerprint density at radius 1 is 1.33 bits per heavy atom. The van der Waals surface area contributed by atoms with E-state index in [-0.39, 0.29) is 11.7 Å². The third-order valence-corrected chi connectivity index (χ3v) is 4.03. The standard InChI is InChI=1S/C16H18FNO2S/c1-11(16(20)13-3-5-14(17)6-4-13)18-15(19)7-2-12-8-9-21-10-12/h3-6,8-11,16,20H,2,7H2,1H3,(H,18,19). The van der Waals surface area contributed by atoms with E-state index < -0.39 is 12.1 Å². The molecule has 112 valence electrons. The van der Waals surface area contributed by atoms with E-state index in [1.807, 2.05) is 16.8 Å². The summed E-state index contributed by atoms with van der Waals surface area (Å²) in [4.78, 5) is 11.9.